The molecule has 174 valence electrons. The third-order valence-electron chi connectivity index (χ3n) is 5.93. The van der Waals surface area contributed by atoms with Crippen molar-refractivity contribution in [1.29, 1.82) is 0 Å². The van der Waals surface area contributed by atoms with Crippen LogP contribution in [-0.2, 0) is 16.0 Å². The molecule has 1 saturated heterocycles. The Morgan fingerprint density at radius 3 is 2.36 bits per heavy atom. The molecule has 2 aromatic carbocycles. The van der Waals surface area contributed by atoms with Crippen LogP contribution in [0.5, 0.6) is 0 Å². The summed E-state index contributed by atoms with van der Waals surface area (Å²) in [5, 5.41) is 5.57. The second-order valence-corrected chi connectivity index (χ2v) is 8.20. The number of carbonyl (C=O) groups excluding carboxylic acids is 3. The Labute approximate surface area is 193 Å². The van der Waals surface area contributed by atoms with Gasteiger partial charge in [0.1, 0.15) is 11.9 Å². The highest BCUT2D eigenvalue weighted by molar-refractivity contribution is 5.97. The van der Waals surface area contributed by atoms with Crippen LogP contribution in [0.25, 0.3) is 0 Å². The summed E-state index contributed by atoms with van der Waals surface area (Å²) in [5.74, 6) is -1.18. The molecule has 1 unspecified atom stereocenters. The molecule has 0 bridgehead atoms. The first kappa shape index (κ1) is 24.2. The second kappa shape index (κ2) is 11.9. The van der Waals surface area contributed by atoms with E-state index in [4.69, 9.17) is 0 Å². The van der Waals surface area contributed by atoms with E-state index in [2.05, 4.69) is 17.2 Å². The number of aryl methyl sites for hydroxylation is 1. The molecule has 1 aliphatic heterocycles. The molecule has 6 nitrogen and oxygen atoms in total. The highest BCUT2D eigenvalue weighted by Crippen LogP contribution is 2.22. The van der Waals surface area contributed by atoms with E-state index in [1.54, 1.807) is 6.08 Å². The molecule has 1 heterocycles. The zero-order valence-corrected chi connectivity index (χ0v) is 18.6. The number of carbonyl (C=O) groups is 3. The molecular formula is C26H30FN3O3. The van der Waals surface area contributed by atoms with E-state index < -0.39 is 17.8 Å². The zero-order valence-electron chi connectivity index (χ0n) is 18.6. The summed E-state index contributed by atoms with van der Waals surface area (Å²) in [6, 6.07) is 14.3. The molecule has 0 saturated carbocycles. The van der Waals surface area contributed by atoms with Crippen molar-refractivity contribution in [2.24, 2.45) is 5.92 Å². The van der Waals surface area contributed by atoms with Crippen molar-refractivity contribution in [3.8, 4) is 0 Å². The van der Waals surface area contributed by atoms with E-state index in [1.807, 2.05) is 35.2 Å². The van der Waals surface area contributed by atoms with Crippen LogP contribution in [0.2, 0.25) is 0 Å². The molecule has 0 aliphatic carbocycles. The molecule has 1 aliphatic rings. The average Bonchev–Trinajstić information content (AvgIpc) is 2.85. The second-order valence-electron chi connectivity index (χ2n) is 8.20. The lowest BCUT2D eigenvalue weighted by Gasteiger charge is -2.36. The number of benzene rings is 2. The summed E-state index contributed by atoms with van der Waals surface area (Å²) in [6.45, 7) is 4.97. The van der Waals surface area contributed by atoms with Crippen molar-refractivity contribution in [2.45, 2.75) is 31.7 Å². The number of rotatable bonds is 9. The SMILES string of the molecule is C=CCNC(=O)C(NC(=O)c1ccc(F)cc1)C1CCN(C(=O)CCc2ccccc2)CC1. The van der Waals surface area contributed by atoms with Crippen LogP contribution in [-0.4, -0.2) is 48.3 Å². The van der Waals surface area contributed by atoms with E-state index in [9.17, 15) is 18.8 Å². The molecule has 0 radical (unpaired) electrons. The van der Waals surface area contributed by atoms with Crippen molar-refractivity contribution in [1.82, 2.24) is 15.5 Å². The minimum Gasteiger partial charge on any atom is -0.351 e. The van der Waals surface area contributed by atoms with Gasteiger partial charge in [0.25, 0.3) is 5.91 Å². The van der Waals surface area contributed by atoms with E-state index in [0.717, 1.165) is 5.56 Å². The molecule has 2 N–H and O–H groups in total. The van der Waals surface area contributed by atoms with Crippen molar-refractivity contribution in [2.75, 3.05) is 19.6 Å². The number of likely N-dealkylation sites (tertiary alicyclic amines) is 1. The van der Waals surface area contributed by atoms with Gasteiger partial charge in [0.15, 0.2) is 0 Å². The van der Waals surface area contributed by atoms with Crippen LogP contribution >= 0.6 is 0 Å². The predicted molar refractivity (Wildman–Crippen MR) is 125 cm³/mol. The Morgan fingerprint density at radius 2 is 1.73 bits per heavy atom. The number of amides is 3. The van der Waals surface area contributed by atoms with E-state index in [-0.39, 0.29) is 23.3 Å². The Morgan fingerprint density at radius 1 is 1.06 bits per heavy atom. The van der Waals surface area contributed by atoms with Gasteiger partial charge in [0, 0.05) is 31.6 Å². The molecule has 0 aromatic heterocycles. The number of piperidine rings is 1. The maximum Gasteiger partial charge on any atom is 0.251 e. The Hall–Kier alpha value is -3.48. The van der Waals surface area contributed by atoms with Crippen LogP contribution in [0, 0.1) is 11.7 Å². The van der Waals surface area contributed by atoms with E-state index >= 15 is 0 Å². The van der Waals surface area contributed by atoms with Crippen molar-refractivity contribution in [3.05, 3.63) is 84.2 Å². The monoisotopic (exact) mass is 451 g/mol. The van der Waals surface area contributed by atoms with Gasteiger partial charge in [0.05, 0.1) is 0 Å². The molecule has 3 amide bonds. The fourth-order valence-electron chi connectivity index (χ4n) is 4.04. The first-order valence-corrected chi connectivity index (χ1v) is 11.2. The van der Waals surface area contributed by atoms with Gasteiger partial charge >= 0.3 is 0 Å². The largest absolute Gasteiger partial charge is 0.351 e. The first-order chi connectivity index (χ1) is 16.0. The molecule has 1 fully saturated rings. The van der Waals surface area contributed by atoms with Gasteiger partial charge in [-0.05, 0) is 55.0 Å². The third-order valence-corrected chi connectivity index (χ3v) is 5.93. The fourth-order valence-corrected chi connectivity index (χ4v) is 4.04. The average molecular weight is 452 g/mol. The van der Waals surface area contributed by atoms with Crippen LogP contribution in [0.1, 0.15) is 35.2 Å². The molecule has 1 atom stereocenters. The number of halogens is 1. The number of hydrogen-bond donors (Lipinski definition) is 2. The van der Waals surface area contributed by atoms with Crippen LogP contribution < -0.4 is 10.6 Å². The Kier molecular flexibility index (Phi) is 8.75. The normalized spacial score (nSPS) is 14.9. The summed E-state index contributed by atoms with van der Waals surface area (Å²) in [7, 11) is 0. The molecular weight excluding hydrogens is 421 g/mol. The third kappa shape index (κ3) is 7.00. The topological polar surface area (TPSA) is 78.5 Å². The van der Waals surface area contributed by atoms with Gasteiger partial charge in [-0.2, -0.15) is 0 Å². The smallest absolute Gasteiger partial charge is 0.251 e. The van der Waals surface area contributed by atoms with E-state index in [1.165, 1.54) is 24.3 Å². The lowest BCUT2D eigenvalue weighted by atomic mass is 9.88. The van der Waals surface area contributed by atoms with Crippen molar-refractivity contribution in [3.63, 3.8) is 0 Å². The van der Waals surface area contributed by atoms with Gasteiger partial charge < -0.3 is 15.5 Å². The summed E-state index contributed by atoms with van der Waals surface area (Å²) >= 11 is 0. The standard InChI is InChI=1S/C26H30FN3O3/c1-2-16-28-26(33)24(29-25(32)21-9-11-22(27)12-10-21)20-14-17-30(18-15-20)23(31)13-8-19-6-4-3-5-7-19/h2-7,9-12,20,24H,1,8,13-18H2,(H,28,33)(H,29,32). The summed E-state index contributed by atoms with van der Waals surface area (Å²) in [6.07, 6.45) is 3.92. The lowest BCUT2D eigenvalue weighted by Crippen LogP contribution is -2.53. The number of hydrogen-bond acceptors (Lipinski definition) is 3. The van der Waals surface area contributed by atoms with Gasteiger partial charge in [-0.25, -0.2) is 4.39 Å². The summed E-state index contributed by atoms with van der Waals surface area (Å²) < 4.78 is 13.2. The maximum absolute atomic E-state index is 13.2. The van der Waals surface area contributed by atoms with Gasteiger partial charge in [-0.15, -0.1) is 6.58 Å². The summed E-state index contributed by atoms with van der Waals surface area (Å²) in [5.41, 5.74) is 1.41. The first-order valence-electron chi connectivity index (χ1n) is 11.2. The maximum atomic E-state index is 13.2. The minimum absolute atomic E-state index is 0.0975. The molecule has 7 heteroatoms. The highest BCUT2D eigenvalue weighted by Gasteiger charge is 2.33. The van der Waals surface area contributed by atoms with Crippen LogP contribution in [0.3, 0.4) is 0 Å². The van der Waals surface area contributed by atoms with Crippen molar-refractivity contribution < 1.29 is 18.8 Å². The van der Waals surface area contributed by atoms with Gasteiger partial charge in [-0.1, -0.05) is 36.4 Å². The van der Waals surface area contributed by atoms with E-state index in [0.29, 0.717) is 45.3 Å². The molecule has 2 aromatic rings. The predicted octanol–water partition coefficient (Wildman–Crippen LogP) is 3.10. The van der Waals surface area contributed by atoms with Gasteiger partial charge in [0.2, 0.25) is 11.8 Å². The molecule has 33 heavy (non-hydrogen) atoms. The zero-order chi connectivity index (χ0) is 23.6. The Balaban J connectivity index is 1.58. The number of nitrogens with zero attached hydrogens (tertiary/aromatic N) is 1. The van der Waals surface area contributed by atoms with Gasteiger partial charge in [-0.3, -0.25) is 14.4 Å². The Bertz CT molecular complexity index is 955. The fraction of sp³-hybridized carbons (Fsp3) is 0.346. The molecule has 0 spiro atoms. The minimum atomic E-state index is -0.746. The number of nitrogens with one attached hydrogen (secondary N) is 2. The lowest BCUT2D eigenvalue weighted by molar-refractivity contribution is -0.133. The highest BCUT2D eigenvalue weighted by atomic mass is 19.1. The van der Waals surface area contributed by atoms with Crippen LogP contribution in [0.15, 0.2) is 67.3 Å². The summed E-state index contributed by atoms with van der Waals surface area (Å²) in [4.78, 5) is 39.9. The molecule has 3 rings (SSSR count). The van der Waals surface area contributed by atoms with Crippen LogP contribution in [0.4, 0.5) is 4.39 Å². The quantitative estimate of drug-likeness (QED) is 0.575. The van der Waals surface area contributed by atoms with Crippen molar-refractivity contribution >= 4 is 17.7 Å².